The second-order valence-corrected chi connectivity index (χ2v) is 4.29. The van der Waals surface area contributed by atoms with Crippen LogP contribution in [0, 0.1) is 0 Å². The highest BCUT2D eigenvalue weighted by molar-refractivity contribution is 6.17. The number of alkyl halides is 1. The molecular formula is C9H12ClN3O2. The molecule has 2 aliphatic heterocycles. The van der Waals surface area contributed by atoms with Crippen LogP contribution < -0.4 is 4.90 Å². The molecule has 0 aliphatic carbocycles. The lowest BCUT2D eigenvalue weighted by Gasteiger charge is -2.24. The van der Waals surface area contributed by atoms with Gasteiger partial charge >= 0.3 is 6.01 Å². The van der Waals surface area contributed by atoms with Crippen LogP contribution >= 0.6 is 11.6 Å². The van der Waals surface area contributed by atoms with Crippen molar-refractivity contribution in [2.45, 2.75) is 25.0 Å². The van der Waals surface area contributed by atoms with Crippen molar-refractivity contribution in [3.05, 3.63) is 5.89 Å². The molecule has 0 radical (unpaired) electrons. The molecular weight excluding hydrogens is 218 g/mol. The van der Waals surface area contributed by atoms with Gasteiger partial charge in [0.1, 0.15) is 0 Å². The van der Waals surface area contributed by atoms with Crippen LogP contribution in [0.2, 0.25) is 0 Å². The molecule has 5 nitrogen and oxygen atoms in total. The van der Waals surface area contributed by atoms with Crippen LogP contribution in [0.1, 0.15) is 12.3 Å². The van der Waals surface area contributed by atoms with E-state index in [0.717, 1.165) is 19.6 Å². The number of halogens is 1. The van der Waals surface area contributed by atoms with E-state index >= 15 is 0 Å². The third-order valence-corrected chi connectivity index (χ3v) is 3.10. The summed E-state index contributed by atoms with van der Waals surface area (Å²) in [7, 11) is 0. The molecule has 2 unspecified atom stereocenters. The number of hydrogen-bond acceptors (Lipinski definition) is 5. The molecule has 3 rings (SSSR count). The predicted octanol–water partition coefficient (Wildman–Crippen LogP) is 0.828. The summed E-state index contributed by atoms with van der Waals surface area (Å²) in [6, 6.07) is 1.03. The second-order valence-electron chi connectivity index (χ2n) is 3.91. The minimum atomic E-state index is 0.346. The van der Waals surface area contributed by atoms with E-state index in [1.807, 2.05) is 0 Å². The summed E-state index contributed by atoms with van der Waals surface area (Å²) in [5, 5.41) is 7.98. The molecule has 0 N–H and O–H groups in total. The van der Waals surface area contributed by atoms with Gasteiger partial charge in [0.25, 0.3) is 0 Å². The summed E-state index contributed by atoms with van der Waals surface area (Å²) in [6.07, 6.45) is 2.05. The fourth-order valence-corrected chi connectivity index (χ4v) is 2.34. The first-order valence-electron chi connectivity index (χ1n) is 5.13. The Bertz CT molecular complexity index is 357. The van der Waals surface area contributed by atoms with Gasteiger partial charge in [-0.05, 0) is 6.42 Å². The fraction of sp³-hybridized carbons (Fsp3) is 0.778. The molecule has 0 aromatic carbocycles. The number of nitrogens with zero attached hydrogens (tertiary/aromatic N) is 3. The molecule has 3 heterocycles. The van der Waals surface area contributed by atoms with Gasteiger partial charge in [-0.25, -0.2) is 0 Å². The molecule has 1 aromatic heterocycles. The molecule has 0 saturated carbocycles. The van der Waals surface area contributed by atoms with Gasteiger partial charge in [0.15, 0.2) is 0 Å². The van der Waals surface area contributed by atoms with Gasteiger partial charge in [-0.15, -0.1) is 16.7 Å². The van der Waals surface area contributed by atoms with Crippen LogP contribution in [0.15, 0.2) is 4.42 Å². The molecule has 1 aromatic rings. The van der Waals surface area contributed by atoms with E-state index < -0.39 is 0 Å². The van der Waals surface area contributed by atoms with Crippen LogP contribution in [-0.4, -0.2) is 41.4 Å². The van der Waals surface area contributed by atoms with Crippen molar-refractivity contribution in [2.75, 3.05) is 23.9 Å². The SMILES string of the molecule is ClCCc1nnc(N2CC3CC2CO3)o1. The third-order valence-electron chi connectivity index (χ3n) is 2.91. The Hall–Kier alpha value is -0.810. The number of rotatable bonds is 3. The van der Waals surface area contributed by atoms with E-state index in [1.54, 1.807) is 0 Å². The number of anilines is 1. The lowest BCUT2D eigenvalue weighted by atomic mass is 10.2. The summed E-state index contributed by atoms with van der Waals surface area (Å²) in [5.74, 6) is 1.13. The molecule has 0 amide bonds. The highest BCUT2D eigenvalue weighted by Crippen LogP contribution is 2.31. The Morgan fingerprint density at radius 1 is 1.47 bits per heavy atom. The van der Waals surface area contributed by atoms with Crippen LogP contribution in [0.5, 0.6) is 0 Å². The van der Waals surface area contributed by atoms with Crippen molar-refractivity contribution in [3.63, 3.8) is 0 Å². The predicted molar refractivity (Wildman–Crippen MR) is 54.2 cm³/mol. The minimum Gasteiger partial charge on any atom is -0.408 e. The minimum absolute atomic E-state index is 0.346. The molecule has 6 heteroatoms. The maximum absolute atomic E-state index is 5.61. The zero-order valence-electron chi connectivity index (χ0n) is 8.23. The first kappa shape index (κ1) is 9.42. The van der Waals surface area contributed by atoms with E-state index in [1.165, 1.54) is 0 Å². The normalized spacial score (nSPS) is 29.0. The maximum Gasteiger partial charge on any atom is 0.318 e. The molecule has 2 bridgehead atoms. The Kier molecular flexibility index (Phi) is 2.29. The van der Waals surface area contributed by atoms with Gasteiger partial charge in [0.2, 0.25) is 5.89 Å². The second kappa shape index (κ2) is 3.64. The Balaban J connectivity index is 1.75. The summed E-state index contributed by atoms with van der Waals surface area (Å²) in [4.78, 5) is 2.14. The largest absolute Gasteiger partial charge is 0.408 e. The van der Waals surface area contributed by atoms with Gasteiger partial charge in [-0.1, -0.05) is 5.10 Å². The Morgan fingerprint density at radius 2 is 2.40 bits per heavy atom. The van der Waals surface area contributed by atoms with Crippen LogP contribution in [0.25, 0.3) is 0 Å². The zero-order chi connectivity index (χ0) is 10.3. The Labute approximate surface area is 92.4 Å². The van der Waals surface area contributed by atoms with Crippen LogP contribution in [-0.2, 0) is 11.2 Å². The average Bonchev–Trinajstić information content (AvgIpc) is 2.91. The molecule has 0 spiro atoms. The van der Waals surface area contributed by atoms with Crippen molar-refractivity contribution in [2.24, 2.45) is 0 Å². The van der Waals surface area contributed by atoms with Gasteiger partial charge < -0.3 is 14.1 Å². The van der Waals surface area contributed by atoms with E-state index in [9.17, 15) is 0 Å². The molecule has 82 valence electrons. The van der Waals surface area contributed by atoms with Gasteiger partial charge in [0, 0.05) is 18.8 Å². The molecule has 2 aliphatic rings. The van der Waals surface area contributed by atoms with Gasteiger partial charge in [0.05, 0.1) is 18.8 Å². The third kappa shape index (κ3) is 1.59. The molecule has 15 heavy (non-hydrogen) atoms. The van der Waals surface area contributed by atoms with Crippen molar-refractivity contribution in [1.29, 1.82) is 0 Å². The summed E-state index contributed by atoms with van der Waals surface area (Å²) >= 11 is 5.61. The standard InChI is InChI=1S/C9H12ClN3O2/c10-2-1-8-11-12-9(15-8)13-4-7-3-6(13)5-14-7/h6-7H,1-5H2. The quantitative estimate of drug-likeness (QED) is 0.719. The number of aromatic nitrogens is 2. The monoisotopic (exact) mass is 229 g/mol. The van der Waals surface area contributed by atoms with E-state index in [2.05, 4.69) is 15.1 Å². The topological polar surface area (TPSA) is 51.4 Å². The van der Waals surface area contributed by atoms with Crippen LogP contribution in [0.3, 0.4) is 0 Å². The fourth-order valence-electron chi connectivity index (χ4n) is 2.18. The van der Waals surface area contributed by atoms with E-state index in [4.69, 9.17) is 20.8 Å². The highest BCUT2D eigenvalue weighted by atomic mass is 35.5. The molecule has 2 atom stereocenters. The lowest BCUT2D eigenvalue weighted by Crippen LogP contribution is -2.37. The number of hydrogen-bond donors (Lipinski definition) is 0. The smallest absolute Gasteiger partial charge is 0.318 e. The van der Waals surface area contributed by atoms with Gasteiger partial charge in [-0.3, -0.25) is 0 Å². The van der Waals surface area contributed by atoms with Crippen molar-refractivity contribution in [1.82, 2.24) is 10.2 Å². The maximum atomic E-state index is 5.61. The van der Waals surface area contributed by atoms with E-state index in [-0.39, 0.29) is 0 Å². The Morgan fingerprint density at radius 3 is 3.07 bits per heavy atom. The van der Waals surface area contributed by atoms with Crippen LogP contribution in [0.4, 0.5) is 6.01 Å². The summed E-state index contributed by atoms with van der Waals surface area (Å²) < 4.78 is 11.0. The number of morpholine rings is 1. The highest BCUT2D eigenvalue weighted by Gasteiger charge is 2.41. The summed E-state index contributed by atoms with van der Waals surface area (Å²) in [5.41, 5.74) is 0. The number of aryl methyl sites for hydroxylation is 1. The first-order valence-corrected chi connectivity index (χ1v) is 5.67. The zero-order valence-corrected chi connectivity index (χ0v) is 8.98. The average molecular weight is 230 g/mol. The lowest BCUT2D eigenvalue weighted by molar-refractivity contribution is 0.0973. The summed E-state index contributed by atoms with van der Waals surface area (Å²) in [6.45, 7) is 1.64. The first-order chi connectivity index (χ1) is 7.36. The molecule has 2 fully saturated rings. The van der Waals surface area contributed by atoms with Crippen molar-refractivity contribution < 1.29 is 9.15 Å². The van der Waals surface area contributed by atoms with Crippen molar-refractivity contribution >= 4 is 17.6 Å². The number of ether oxygens (including phenoxy) is 1. The van der Waals surface area contributed by atoms with E-state index in [0.29, 0.717) is 36.4 Å². The number of fused-ring (bicyclic) bond motifs is 2. The van der Waals surface area contributed by atoms with Crippen molar-refractivity contribution in [3.8, 4) is 0 Å². The van der Waals surface area contributed by atoms with Gasteiger partial charge in [-0.2, -0.15) is 0 Å². The molecule has 2 saturated heterocycles.